The Balaban J connectivity index is 1.53. The van der Waals surface area contributed by atoms with Gasteiger partial charge in [0.2, 0.25) is 0 Å². The van der Waals surface area contributed by atoms with Crippen LogP contribution in [-0.2, 0) is 4.43 Å². The number of benzene rings is 2. The van der Waals surface area contributed by atoms with E-state index in [0.717, 1.165) is 16.8 Å². The Labute approximate surface area is 204 Å². The second kappa shape index (κ2) is 17.7. The molecule has 2 aromatic carbocycles. The van der Waals surface area contributed by atoms with Gasteiger partial charge in [0, 0.05) is 6.61 Å². The van der Waals surface area contributed by atoms with Crippen LogP contribution >= 0.6 is 0 Å². The monoisotopic (exact) mass is 466 g/mol. The summed E-state index contributed by atoms with van der Waals surface area (Å²) >= 11 is 0. The number of hydrogen-bond acceptors (Lipinski definition) is 2. The Morgan fingerprint density at radius 3 is 1.52 bits per heavy atom. The molecule has 2 aromatic rings. The van der Waals surface area contributed by atoms with E-state index in [-0.39, 0.29) is 0 Å². The van der Waals surface area contributed by atoms with Crippen molar-refractivity contribution in [3.8, 4) is 0 Å². The molecule has 0 aliphatic heterocycles. The molecule has 0 aromatic heterocycles. The molecule has 0 spiro atoms. The van der Waals surface area contributed by atoms with Gasteiger partial charge in [-0.05, 0) is 42.5 Å². The Hall–Kier alpha value is -1.68. The van der Waals surface area contributed by atoms with E-state index in [1.54, 1.807) is 0 Å². The SMILES string of the molecule is CCCCCCCCC=CCCCCCCCCO[Si](O)(c1ccccc1)c1ccccc1. The molecule has 0 radical (unpaired) electrons. The van der Waals surface area contributed by atoms with Crippen LogP contribution in [0.25, 0.3) is 0 Å². The molecular formula is C30H46O2Si. The topological polar surface area (TPSA) is 29.5 Å². The van der Waals surface area contributed by atoms with Gasteiger partial charge in [-0.1, -0.05) is 138 Å². The number of rotatable bonds is 19. The maximum absolute atomic E-state index is 11.5. The van der Waals surface area contributed by atoms with Gasteiger partial charge in [-0.2, -0.15) is 0 Å². The highest BCUT2D eigenvalue weighted by atomic mass is 28.4. The van der Waals surface area contributed by atoms with Crippen molar-refractivity contribution in [3.05, 3.63) is 72.8 Å². The summed E-state index contributed by atoms with van der Waals surface area (Å²) in [5.41, 5.74) is 0. The molecule has 0 unspecified atom stereocenters. The Morgan fingerprint density at radius 2 is 1.03 bits per heavy atom. The van der Waals surface area contributed by atoms with E-state index in [1.807, 2.05) is 60.7 Å². The first-order chi connectivity index (χ1) is 16.3. The van der Waals surface area contributed by atoms with Gasteiger partial charge in [0.15, 0.2) is 0 Å². The van der Waals surface area contributed by atoms with Crippen molar-refractivity contribution in [1.82, 2.24) is 0 Å². The van der Waals surface area contributed by atoms with Crippen molar-refractivity contribution < 1.29 is 9.22 Å². The summed E-state index contributed by atoms with van der Waals surface area (Å²) in [6, 6.07) is 19.8. The molecule has 1 N–H and O–H groups in total. The third-order valence-corrected chi connectivity index (χ3v) is 9.15. The van der Waals surface area contributed by atoms with Gasteiger partial charge in [-0.25, -0.2) is 0 Å². The Kier molecular flexibility index (Phi) is 14.8. The smallest absolute Gasteiger partial charge is 0.404 e. The fourth-order valence-electron chi connectivity index (χ4n) is 4.23. The van der Waals surface area contributed by atoms with Crippen LogP contribution in [0.3, 0.4) is 0 Å². The van der Waals surface area contributed by atoms with Gasteiger partial charge >= 0.3 is 8.56 Å². The molecule has 33 heavy (non-hydrogen) atoms. The van der Waals surface area contributed by atoms with Crippen molar-refractivity contribution >= 4 is 18.9 Å². The quantitative estimate of drug-likeness (QED) is 0.134. The lowest BCUT2D eigenvalue weighted by molar-refractivity contribution is 0.246. The zero-order chi connectivity index (χ0) is 23.5. The molecule has 3 heteroatoms. The van der Waals surface area contributed by atoms with Crippen LogP contribution in [-0.4, -0.2) is 20.0 Å². The molecule has 0 bridgehead atoms. The zero-order valence-electron chi connectivity index (χ0n) is 20.9. The molecule has 0 aliphatic carbocycles. The fraction of sp³-hybridized carbons (Fsp3) is 0.533. The fourth-order valence-corrected chi connectivity index (χ4v) is 6.63. The summed E-state index contributed by atoms with van der Waals surface area (Å²) in [6.07, 6.45) is 22.9. The summed E-state index contributed by atoms with van der Waals surface area (Å²) in [6.45, 7) is 2.89. The number of unbranched alkanes of at least 4 members (excludes halogenated alkanes) is 12. The first-order valence-corrected chi connectivity index (χ1v) is 15.3. The van der Waals surface area contributed by atoms with Crippen molar-refractivity contribution in [1.29, 1.82) is 0 Å². The molecule has 2 rings (SSSR count). The normalized spacial score (nSPS) is 11.9. The molecule has 0 aliphatic rings. The van der Waals surface area contributed by atoms with E-state index >= 15 is 0 Å². The zero-order valence-corrected chi connectivity index (χ0v) is 21.9. The molecule has 2 nitrogen and oxygen atoms in total. The van der Waals surface area contributed by atoms with E-state index in [4.69, 9.17) is 4.43 Å². The van der Waals surface area contributed by atoms with E-state index in [0.29, 0.717) is 6.61 Å². The summed E-state index contributed by atoms with van der Waals surface area (Å²) in [7, 11) is -3.12. The predicted octanol–water partition coefficient (Wildman–Crippen LogP) is 7.29. The molecule has 0 atom stereocenters. The Bertz CT molecular complexity index is 690. The van der Waals surface area contributed by atoms with E-state index in [9.17, 15) is 4.80 Å². The third-order valence-electron chi connectivity index (χ3n) is 6.30. The van der Waals surface area contributed by atoms with Crippen LogP contribution in [0.5, 0.6) is 0 Å². The molecule has 182 valence electrons. The van der Waals surface area contributed by atoms with Crippen LogP contribution in [0.4, 0.5) is 0 Å². The lowest BCUT2D eigenvalue weighted by Gasteiger charge is -2.25. The molecule has 0 saturated carbocycles. The maximum Gasteiger partial charge on any atom is 0.404 e. The molecular weight excluding hydrogens is 420 g/mol. The predicted molar refractivity (Wildman–Crippen MR) is 146 cm³/mol. The van der Waals surface area contributed by atoms with Gasteiger partial charge in [-0.3, -0.25) is 0 Å². The lowest BCUT2D eigenvalue weighted by atomic mass is 10.1. The summed E-state index contributed by atoms with van der Waals surface area (Å²) in [5.74, 6) is 0. The summed E-state index contributed by atoms with van der Waals surface area (Å²) < 4.78 is 6.21. The molecule has 0 amide bonds. The van der Waals surface area contributed by atoms with Gasteiger partial charge < -0.3 is 9.22 Å². The summed E-state index contributed by atoms with van der Waals surface area (Å²) in [4.78, 5) is 11.5. The minimum absolute atomic E-state index is 0.619. The van der Waals surface area contributed by atoms with Crippen LogP contribution in [0.2, 0.25) is 0 Å². The second-order valence-corrected chi connectivity index (χ2v) is 11.9. The maximum atomic E-state index is 11.5. The van der Waals surface area contributed by atoms with Crippen molar-refractivity contribution in [2.45, 2.75) is 96.8 Å². The van der Waals surface area contributed by atoms with Crippen LogP contribution in [0.1, 0.15) is 96.8 Å². The number of hydrogen-bond donors (Lipinski definition) is 1. The highest BCUT2D eigenvalue weighted by Crippen LogP contribution is 2.11. The van der Waals surface area contributed by atoms with Gasteiger partial charge in [-0.15, -0.1) is 0 Å². The van der Waals surface area contributed by atoms with Gasteiger partial charge in [0.05, 0.1) is 0 Å². The standard InChI is InChI=1S/C30H46O2Si/c1-2-3-4-5-6-7-8-9-10-11-12-13-14-15-16-23-28-32-33(31,29-24-19-17-20-25-29)30-26-21-18-22-27-30/h9-10,17-22,24-27,31H,2-8,11-16,23,28H2,1H3. The average molecular weight is 467 g/mol. The largest absolute Gasteiger partial charge is 0.404 e. The highest BCUT2D eigenvalue weighted by Gasteiger charge is 2.38. The minimum atomic E-state index is -3.12. The van der Waals surface area contributed by atoms with Gasteiger partial charge in [0.1, 0.15) is 0 Å². The second-order valence-electron chi connectivity index (χ2n) is 9.16. The van der Waals surface area contributed by atoms with Gasteiger partial charge in [0.25, 0.3) is 0 Å². The molecule has 0 saturated heterocycles. The van der Waals surface area contributed by atoms with E-state index < -0.39 is 8.56 Å². The third kappa shape index (κ3) is 11.3. The molecule has 0 fully saturated rings. The molecule has 0 heterocycles. The first-order valence-electron chi connectivity index (χ1n) is 13.4. The van der Waals surface area contributed by atoms with E-state index in [2.05, 4.69) is 19.1 Å². The van der Waals surface area contributed by atoms with Crippen molar-refractivity contribution in [3.63, 3.8) is 0 Å². The average Bonchev–Trinajstić information content (AvgIpc) is 2.87. The Morgan fingerprint density at radius 1 is 0.606 bits per heavy atom. The van der Waals surface area contributed by atoms with Crippen LogP contribution in [0.15, 0.2) is 72.8 Å². The van der Waals surface area contributed by atoms with Crippen LogP contribution < -0.4 is 10.4 Å². The highest BCUT2D eigenvalue weighted by molar-refractivity contribution is 6.91. The van der Waals surface area contributed by atoms with Crippen molar-refractivity contribution in [2.24, 2.45) is 0 Å². The van der Waals surface area contributed by atoms with E-state index in [1.165, 1.54) is 83.5 Å². The first kappa shape index (κ1) is 27.6. The minimum Gasteiger partial charge on any atom is -0.404 e. The van der Waals surface area contributed by atoms with Crippen molar-refractivity contribution in [2.75, 3.05) is 6.61 Å². The van der Waals surface area contributed by atoms with Crippen LogP contribution in [0, 0.1) is 0 Å². The summed E-state index contributed by atoms with van der Waals surface area (Å²) in [5, 5.41) is 1.83. The lowest BCUT2D eigenvalue weighted by Crippen LogP contribution is -2.61. The number of allylic oxidation sites excluding steroid dienone is 2.